The number of aromatic hydroxyl groups is 2. The Kier molecular flexibility index (Phi) is 3.17. The van der Waals surface area contributed by atoms with Crippen molar-refractivity contribution >= 4 is 5.97 Å². The van der Waals surface area contributed by atoms with Gasteiger partial charge in [-0.15, -0.1) is 0 Å². The van der Waals surface area contributed by atoms with Crippen LogP contribution in [-0.2, 0) is 4.79 Å². The predicted octanol–water partition coefficient (Wildman–Crippen LogP) is 1.12. The molecule has 3 N–H and O–H groups in total. The second-order valence-corrected chi connectivity index (χ2v) is 2.82. The lowest BCUT2D eigenvalue weighted by molar-refractivity contribution is -0.133. The van der Waals surface area contributed by atoms with Gasteiger partial charge >= 0.3 is 5.97 Å². The van der Waals surface area contributed by atoms with Gasteiger partial charge in [0.1, 0.15) is 6.61 Å². The van der Waals surface area contributed by atoms with Gasteiger partial charge in [0.15, 0.2) is 11.5 Å². The van der Waals surface area contributed by atoms with E-state index in [9.17, 15) is 9.90 Å². The molecule has 1 aromatic rings. The van der Waals surface area contributed by atoms with E-state index < -0.39 is 11.7 Å². The van der Waals surface area contributed by atoms with Crippen molar-refractivity contribution in [2.24, 2.45) is 0 Å². The van der Waals surface area contributed by atoms with E-state index in [2.05, 4.69) is 6.58 Å². The summed E-state index contributed by atoms with van der Waals surface area (Å²) in [5, 5.41) is 26.9. The van der Waals surface area contributed by atoms with Crippen LogP contribution in [-0.4, -0.2) is 27.9 Å². The fourth-order valence-corrected chi connectivity index (χ4v) is 0.854. The summed E-state index contributed by atoms with van der Waals surface area (Å²) in [5.74, 6) is -1.91. The Morgan fingerprint density at radius 3 is 2.67 bits per heavy atom. The summed E-state index contributed by atoms with van der Waals surface area (Å²) in [5.41, 5.74) is -0.141. The molecule has 0 aliphatic rings. The molecule has 0 fully saturated rings. The number of rotatable bonds is 4. The van der Waals surface area contributed by atoms with Crippen LogP contribution in [0, 0.1) is 0 Å². The van der Waals surface area contributed by atoms with Crippen LogP contribution in [0.5, 0.6) is 17.2 Å². The molecule has 0 aliphatic carbocycles. The number of carboxylic acids is 1. The Labute approximate surface area is 85.9 Å². The van der Waals surface area contributed by atoms with Crippen molar-refractivity contribution in [3.63, 3.8) is 0 Å². The zero-order valence-corrected chi connectivity index (χ0v) is 7.80. The van der Waals surface area contributed by atoms with Crippen molar-refractivity contribution < 1.29 is 24.9 Å². The van der Waals surface area contributed by atoms with E-state index >= 15 is 0 Å². The molecular formula is C10H10O5. The Morgan fingerprint density at radius 1 is 1.40 bits per heavy atom. The number of benzene rings is 1. The SMILES string of the molecule is C=C(COc1cccc(O)c1O)C(=O)O. The number of para-hydroxylation sites is 1. The van der Waals surface area contributed by atoms with Crippen LogP contribution in [0.2, 0.25) is 0 Å². The minimum atomic E-state index is -1.17. The highest BCUT2D eigenvalue weighted by molar-refractivity contribution is 5.86. The molecule has 5 heteroatoms. The Bertz CT molecular complexity index is 397. The Morgan fingerprint density at radius 2 is 2.07 bits per heavy atom. The Hall–Kier alpha value is -2.17. The van der Waals surface area contributed by atoms with Crippen molar-refractivity contribution in [1.82, 2.24) is 0 Å². The first-order chi connectivity index (χ1) is 7.02. The summed E-state index contributed by atoms with van der Waals surface area (Å²) in [6, 6.07) is 4.16. The molecule has 0 aliphatic heterocycles. The lowest BCUT2D eigenvalue weighted by atomic mass is 10.3. The third-order valence-electron chi connectivity index (χ3n) is 1.68. The average Bonchev–Trinajstić information content (AvgIpc) is 2.19. The molecule has 0 spiro atoms. The summed E-state index contributed by atoms with van der Waals surface area (Å²) in [4.78, 5) is 10.4. The first kappa shape index (κ1) is 10.9. The van der Waals surface area contributed by atoms with E-state index in [-0.39, 0.29) is 23.7 Å². The number of hydrogen-bond donors (Lipinski definition) is 3. The van der Waals surface area contributed by atoms with Gasteiger partial charge in [-0.3, -0.25) is 0 Å². The molecule has 5 nitrogen and oxygen atoms in total. The van der Waals surface area contributed by atoms with E-state index in [4.69, 9.17) is 14.9 Å². The van der Waals surface area contributed by atoms with Crippen LogP contribution >= 0.6 is 0 Å². The molecule has 15 heavy (non-hydrogen) atoms. The van der Waals surface area contributed by atoms with Crippen molar-refractivity contribution in [2.75, 3.05) is 6.61 Å². The summed E-state index contributed by atoms with van der Waals surface area (Å²) in [7, 11) is 0. The highest BCUT2D eigenvalue weighted by Gasteiger charge is 2.09. The maximum Gasteiger partial charge on any atom is 0.334 e. The summed E-state index contributed by atoms with van der Waals surface area (Å²) in [6.45, 7) is 3.00. The minimum absolute atomic E-state index is 0.0115. The monoisotopic (exact) mass is 210 g/mol. The van der Waals surface area contributed by atoms with Gasteiger partial charge in [0.25, 0.3) is 0 Å². The van der Waals surface area contributed by atoms with E-state index in [1.807, 2.05) is 0 Å². The normalized spacial score (nSPS) is 9.60. The average molecular weight is 210 g/mol. The molecule has 0 bridgehead atoms. The quantitative estimate of drug-likeness (QED) is 0.512. The lowest BCUT2D eigenvalue weighted by Crippen LogP contribution is -2.08. The molecule has 0 atom stereocenters. The van der Waals surface area contributed by atoms with E-state index in [1.54, 1.807) is 0 Å². The maximum atomic E-state index is 10.4. The third kappa shape index (κ3) is 2.63. The third-order valence-corrected chi connectivity index (χ3v) is 1.68. The van der Waals surface area contributed by atoms with Crippen molar-refractivity contribution in [3.05, 3.63) is 30.4 Å². The molecule has 0 heterocycles. The highest BCUT2D eigenvalue weighted by atomic mass is 16.5. The molecule has 0 amide bonds. The second kappa shape index (κ2) is 4.36. The molecule has 0 radical (unpaired) electrons. The van der Waals surface area contributed by atoms with E-state index in [1.165, 1.54) is 18.2 Å². The van der Waals surface area contributed by atoms with Gasteiger partial charge in [0.05, 0.1) is 5.57 Å². The second-order valence-electron chi connectivity index (χ2n) is 2.82. The fraction of sp³-hybridized carbons (Fsp3) is 0.100. The van der Waals surface area contributed by atoms with Gasteiger partial charge in [-0.2, -0.15) is 0 Å². The number of carboxylic acid groups (broad SMARTS) is 1. The molecule has 1 aromatic carbocycles. The molecule has 0 aromatic heterocycles. The fourth-order valence-electron chi connectivity index (χ4n) is 0.854. The van der Waals surface area contributed by atoms with Gasteiger partial charge in [0.2, 0.25) is 5.75 Å². The van der Waals surface area contributed by atoms with Gasteiger partial charge in [-0.1, -0.05) is 12.6 Å². The molecule has 0 unspecified atom stereocenters. The standard InChI is InChI=1S/C10H10O5/c1-6(10(13)14)5-15-8-4-2-3-7(11)9(8)12/h2-4,11-12H,1,5H2,(H,13,14). The number of phenolic OH excluding ortho intramolecular Hbond substituents is 2. The smallest absolute Gasteiger partial charge is 0.334 e. The van der Waals surface area contributed by atoms with Crippen LogP contribution in [0.4, 0.5) is 0 Å². The largest absolute Gasteiger partial charge is 0.504 e. The van der Waals surface area contributed by atoms with Crippen LogP contribution in [0.1, 0.15) is 0 Å². The van der Waals surface area contributed by atoms with Gasteiger partial charge in [-0.25, -0.2) is 4.79 Å². The van der Waals surface area contributed by atoms with Crippen LogP contribution in [0.3, 0.4) is 0 Å². The number of phenols is 2. The number of hydrogen-bond acceptors (Lipinski definition) is 4. The maximum absolute atomic E-state index is 10.4. The van der Waals surface area contributed by atoms with Crippen LogP contribution in [0.15, 0.2) is 30.4 Å². The number of aliphatic carboxylic acids is 1. The lowest BCUT2D eigenvalue weighted by Gasteiger charge is -2.08. The van der Waals surface area contributed by atoms with Gasteiger partial charge < -0.3 is 20.1 Å². The minimum Gasteiger partial charge on any atom is -0.504 e. The zero-order chi connectivity index (χ0) is 11.4. The van der Waals surface area contributed by atoms with Crippen molar-refractivity contribution in [3.8, 4) is 17.2 Å². The summed E-state index contributed by atoms with van der Waals surface area (Å²) >= 11 is 0. The predicted molar refractivity (Wildman–Crippen MR) is 52.0 cm³/mol. The molecule has 1 rings (SSSR count). The summed E-state index contributed by atoms with van der Waals surface area (Å²) in [6.07, 6.45) is 0. The first-order valence-electron chi connectivity index (χ1n) is 4.07. The van der Waals surface area contributed by atoms with E-state index in [0.29, 0.717) is 0 Å². The van der Waals surface area contributed by atoms with Crippen molar-refractivity contribution in [1.29, 1.82) is 0 Å². The zero-order valence-electron chi connectivity index (χ0n) is 7.80. The van der Waals surface area contributed by atoms with Crippen LogP contribution < -0.4 is 4.74 Å². The van der Waals surface area contributed by atoms with E-state index in [0.717, 1.165) is 0 Å². The number of carbonyl (C=O) groups is 1. The highest BCUT2D eigenvalue weighted by Crippen LogP contribution is 2.34. The van der Waals surface area contributed by atoms with Crippen LogP contribution in [0.25, 0.3) is 0 Å². The number of ether oxygens (including phenoxy) is 1. The Balaban J connectivity index is 2.70. The first-order valence-corrected chi connectivity index (χ1v) is 4.07. The van der Waals surface area contributed by atoms with Gasteiger partial charge in [0, 0.05) is 0 Å². The van der Waals surface area contributed by atoms with Crippen molar-refractivity contribution in [2.45, 2.75) is 0 Å². The van der Waals surface area contributed by atoms with Gasteiger partial charge in [-0.05, 0) is 12.1 Å². The molecule has 80 valence electrons. The molecular weight excluding hydrogens is 200 g/mol. The summed E-state index contributed by atoms with van der Waals surface area (Å²) < 4.78 is 4.95. The molecule has 0 saturated heterocycles. The molecule has 0 saturated carbocycles. The topological polar surface area (TPSA) is 87.0 Å².